The van der Waals surface area contributed by atoms with E-state index in [0.717, 1.165) is 11.4 Å². The van der Waals surface area contributed by atoms with Gasteiger partial charge in [0.1, 0.15) is 11.9 Å². The van der Waals surface area contributed by atoms with Crippen LogP contribution in [0.1, 0.15) is 6.92 Å². The highest BCUT2D eigenvalue weighted by atomic mass is 16.5. The maximum atomic E-state index is 5.90. The number of H-pyrrole nitrogens is 1. The molecule has 0 saturated heterocycles. The quantitative estimate of drug-likeness (QED) is 0.777. The molecule has 0 amide bonds. The fourth-order valence-electron chi connectivity index (χ4n) is 2.66. The van der Waals surface area contributed by atoms with Crippen LogP contribution in [-0.2, 0) is 11.8 Å². The number of methoxy groups -OCH3 is 1. The summed E-state index contributed by atoms with van der Waals surface area (Å²) < 4.78 is 13.1. The van der Waals surface area contributed by atoms with E-state index in [-0.39, 0.29) is 6.10 Å². The minimum absolute atomic E-state index is 0.0325. The van der Waals surface area contributed by atoms with E-state index in [1.54, 1.807) is 7.11 Å². The molecule has 2 heterocycles. The highest BCUT2D eigenvalue weighted by Crippen LogP contribution is 2.32. The van der Waals surface area contributed by atoms with Gasteiger partial charge in [0.15, 0.2) is 0 Å². The Bertz CT molecular complexity index is 729. The van der Waals surface area contributed by atoms with Gasteiger partial charge < -0.3 is 19.0 Å². The maximum Gasteiger partial charge on any atom is 0.120 e. The van der Waals surface area contributed by atoms with Crippen molar-refractivity contribution in [3.8, 4) is 17.0 Å². The number of ether oxygens (including phenoxy) is 2. The van der Waals surface area contributed by atoms with Crippen LogP contribution in [0.2, 0.25) is 0 Å². The van der Waals surface area contributed by atoms with E-state index in [0.29, 0.717) is 6.61 Å². The van der Waals surface area contributed by atoms with Crippen molar-refractivity contribution >= 4 is 10.9 Å². The number of aryl methyl sites for hydroxylation is 1. The lowest BCUT2D eigenvalue weighted by atomic mass is 10.1. The van der Waals surface area contributed by atoms with Crippen molar-refractivity contribution in [2.45, 2.75) is 13.0 Å². The van der Waals surface area contributed by atoms with Gasteiger partial charge >= 0.3 is 0 Å². The normalized spacial score (nSPS) is 12.7. The molecular weight excluding hydrogens is 264 g/mol. The summed E-state index contributed by atoms with van der Waals surface area (Å²) in [5, 5.41) is 1.18. The second-order valence-electron chi connectivity index (χ2n) is 5.30. The first-order chi connectivity index (χ1) is 10.2. The summed E-state index contributed by atoms with van der Waals surface area (Å²) in [4.78, 5) is 3.27. The minimum Gasteiger partial charge on any atom is -0.488 e. The Morgan fingerprint density at radius 2 is 2.14 bits per heavy atom. The van der Waals surface area contributed by atoms with E-state index >= 15 is 0 Å². The zero-order valence-electron chi connectivity index (χ0n) is 12.6. The largest absolute Gasteiger partial charge is 0.488 e. The van der Waals surface area contributed by atoms with Crippen LogP contribution in [0.15, 0.2) is 42.7 Å². The SMILES string of the molecule is COCC(C)Oc1ccc2c(c1)c(-c1ccc[nH]1)cn2C. The minimum atomic E-state index is 0.0325. The van der Waals surface area contributed by atoms with E-state index in [2.05, 4.69) is 41.0 Å². The summed E-state index contributed by atoms with van der Waals surface area (Å²) in [6.07, 6.45) is 4.11. The van der Waals surface area contributed by atoms with Gasteiger partial charge in [0.05, 0.1) is 6.61 Å². The number of aromatic nitrogens is 2. The summed E-state index contributed by atoms with van der Waals surface area (Å²) in [7, 11) is 3.74. The molecule has 1 aromatic carbocycles. The predicted octanol–water partition coefficient (Wildman–Crippen LogP) is 3.59. The fourth-order valence-corrected chi connectivity index (χ4v) is 2.66. The number of nitrogens with one attached hydrogen (secondary N) is 1. The van der Waals surface area contributed by atoms with Gasteiger partial charge in [-0.2, -0.15) is 0 Å². The molecule has 1 atom stereocenters. The maximum absolute atomic E-state index is 5.90. The summed E-state index contributed by atoms with van der Waals surface area (Å²) in [6, 6.07) is 10.3. The van der Waals surface area contributed by atoms with Crippen molar-refractivity contribution in [2.24, 2.45) is 7.05 Å². The molecule has 1 N–H and O–H groups in total. The predicted molar refractivity (Wildman–Crippen MR) is 84.7 cm³/mol. The fraction of sp³-hybridized carbons (Fsp3) is 0.294. The van der Waals surface area contributed by atoms with Crippen molar-refractivity contribution < 1.29 is 9.47 Å². The average molecular weight is 284 g/mol. The van der Waals surface area contributed by atoms with Crippen LogP contribution < -0.4 is 4.74 Å². The molecular formula is C17H20N2O2. The van der Waals surface area contributed by atoms with Gasteiger partial charge in [0.2, 0.25) is 0 Å². The van der Waals surface area contributed by atoms with E-state index in [9.17, 15) is 0 Å². The molecule has 110 valence electrons. The molecule has 3 aromatic rings. The molecule has 21 heavy (non-hydrogen) atoms. The van der Waals surface area contributed by atoms with Crippen LogP contribution >= 0.6 is 0 Å². The molecule has 0 aliphatic rings. The Morgan fingerprint density at radius 1 is 1.29 bits per heavy atom. The van der Waals surface area contributed by atoms with Crippen molar-refractivity contribution in [2.75, 3.05) is 13.7 Å². The first kappa shape index (κ1) is 13.8. The van der Waals surface area contributed by atoms with Crippen LogP contribution in [0.5, 0.6) is 5.75 Å². The van der Waals surface area contributed by atoms with Gasteiger partial charge in [-0.3, -0.25) is 0 Å². The van der Waals surface area contributed by atoms with E-state index in [4.69, 9.17) is 9.47 Å². The number of rotatable bonds is 5. The summed E-state index contributed by atoms with van der Waals surface area (Å²) in [5.41, 5.74) is 3.48. The third kappa shape index (κ3) is 2.67. The standard InChI is InChI=1S/C17H20N2O2/c1-12(11-20-3)21-13-6-7-17-14(9-13)15(10-19(17)2)16-5-4-8-18-16/h4-10,12,18H,11H2,1-3H3. The highest BCUT2D eigenvalue weighted by Gasteiger charge is 2.11. The highest BCUT2D eigenvalue weighted by molar-refractivity contribution is 5.96. The Hall–Kier alpha value is -2.20. The molecule has 0 aliphatic heterocycles. The van der Waals surface area contributed by atoms with Gasteiger partial charge in [0.25, 0.3) is 0 Å². The number of hydrogen-bond donors (Lipinski definition) is 1. The van der Waals surface area contributed by atoms with Crippen LogP contribution in [0.4, 0.5) is 0 Å². The molecule has 4 heteroatoms. The Labute approximate surface area is 124 Å². The Balaban J connectivity index is 2.01. The third-order valence-electron chi connectivity index (χ3n) is 3.59. The second-order valence-corrected chi connectivity index (χ2v) is 5.30. The van der Waals surface area contributed by atoms with Crippen LogP contribution in [-0.4, -0.2) is 29.4 Å². The van der Waals surface area contributed by atoms with Crippen LogP contribution in [0, 0.1) is 0 Å². The Morgan fingerprint density at radius 3 is 2.86 bits per heavy atom. The lowest BCUT2D eigenvalue weighted by molar-refractivity contribution is 0.0922. The average Bonchev–Trinajstić information content (AvgIpc) is 3.07. The molecule has 0 saturated carbocycles. The number of benzene rings is 1. The third-order valence-corrected chi connectivity index (χ3v) is 3.59. The monoisotopic (exact) mass is 284 g/mol. The smallest absolute Gasteiger partial charge is 0.120 e. The van der Waals surface area contributed by atoms with E-state index in [1.165, 1.54) is 16.5 Å². The lowest BCUT2D eigenvalue weighted by Gasteiger charge is -2.13. The molecule has 2 aromatic heterocycles. The van der Waals surface area contributed by atoms with Crippen molar-refractivity contribution in [1.82, 2.24) is 9.55 Å². The topological polar surface area (TPSA) is 39.2 Å². The zero-order chi connectivity index (χ0) is 14.8. The second kappa shape index (κ2) is 5.66. The molecule has 1 unspecified atom stereocenters. The van der Waals surface area contributed by atoms with Gasteiger partial charge in [-0.25, -0.2) is 0 Å². The summed E-state index contributed by atoms with van der Waals surface area (Å²) in [5.74, 6) is 0.867. The molecule has 3 rings (SSSR count). The molecule has 0 bridgehead atoms. The van der Waals surface area contributed by atoms with Crippen LogP contribution in [0.3, 0.4) is 0 Å². The molecule has 4 nitrogen and oxygen atoms in total. The molecule has 0 aliphatic carbocycles. The summed E-state index contributed by atoms with van der Waals surface area (Å²) >= 11 is 0. The number of fused-ring (bicyclic) bond motifs is 1. The van der Waals surface area contributed by atoms with Gasteiger partial charge in [-0.1, -0.05) is 0 Å². The first-order valence-electron chi connectivity index (χ1n) is 7.07. The summed E-state index contributed by atoms with van der Waals surface area (Å²) in [6.45, 7) is 2.58. The van der Waals surface area contributed by atoms with Crippen molar-refractivity contribution in [3.63, 3.8) is 0 Å². The Kier molecular flexibility index (Phi) is 3.71. The first-order valence-corrected chi connectivity index (χ1v) is 7.07. The number of aromatic amines is 1. The van der Waals surface area contributed by atoms with Gasteiger partial charge in [0, 0.05) is 48.7 Å². The zero-order valence-corrected chi connectivity index (χ0v) is 12.6. The van der Waals surface area contributed by atoms with E-state index < -0.39 is 0 Å². The molecule has 0 spiro atoms. The van der Waals surface area contributed by atoms with Crippen LogP contribution in [0.25, 0.3) is 22.2 Å². The van der Waals surface area contributed by atoms with Gasteiger partial charge in [-0.15, -0.1) is 0 Å². The van der Waals surface area contributed by atoms with E-state index in [1.807, 2.05) is 25.3 Å². The van der Waals surface area contributed by atoms with Crippen molar-refractivity contribution in [3.05, 3.63) is 42.7 Å². The molecule has 0 radical (unpaired) electrons. The van der Waals surface area contributed by atoms with Gasteiger partial charge in [-0.05, 0) is 37.3 Å². The molecule has 0 fully saturated rings. The number of hydrogen-bond acceptors (Lipinski definition) is 2. The number of nitrogens with zero attached hydrogens (tertiary/aromatic N) is 1. The lowest BCUT2D eigenvalue weighted by Crippen LogP contribution is -2.17. The van der Waals surface area contributed by atoms with Crippen molar-refractivity contribution in [1.29, 1.82) is 0 Å².